The highest BCUT2D eigenvalue weighted by Gasteiger charge is 2.37. The molecular formula is C19H26NO3P. The average Bonchev–Trinajstić information content (AvgIpc) is 2.64. The van der Waals surface area contributed by atoms with E-state index in [1.807, 2.05) is 74.5 Å². The van der Waals surface area contributed by atoms with E-state index < -0.39 is 13.4 Å². The van der Waals surface area contributed by atoms with Crippen LogP contribution in [0, 0.1) is 0 Å². The van der Waals surface area contributed by atoms with Crippen molar-refractivity contribution in [3.8, 4) is 0 Å². The van der Waals surface area contributed by atoms with E-state index in [2.05, 4.69) is 5.32 Å². The molecule has 1 N–H and O–H groups in total. The molecule has 2 aromatic carbocycles. The van der Waals surface area contributed by atoms with Crippen molar-refractivity contribution in [3.05, 3.63) is 66.2 Å². The fraction of sp³-hybridized carbons (Fsp3) is 0.368. The molecule has 4 nitrogen and oxygen atoms in total. The lowest BCUT2D eigenvalue weighted by molar-refractivity contribution is 0.199. The van der Waals surface area contributed by atoms with Gasteiger partial charge < -0.3 is 14.4 Å². The van der Waals surface area contributed by atoms with Gasteiger partial charge in [0.2, 0.25) is 0 Å². The van der Waals surface area contributed by atoms with Gasteiger partial charge in [-0.2, -0.15) is 0 Å². The normalized spacial score (nSPS) is 12.8. The summed E-state index contributed by atoms with van der Waals surface area (Å²) < 4.78 is 25.0. The Morgan fingerprint density at radius 2 is 1.38 bits per heavy atom. The smallest absolute Gasteiger partial charge is 0.357 e. The maximum Gasteiger partial charge on any atom is 0.357 e. The molecule has 0 aromatic heterocycles. The van der Waals surface area contributed by atoms with Gasteiger partial charge in [-0.05, 0) is 30.5 Å². The van der Waals surface area contributed by atoms with Crippen LogP contribution in [0.25, 0.3) is 0 Å². The van der Waals surface area contributed by atoms with Crippen molar-refractivity contribution in [2.24, 2.45) is 0 Å². The van der Waals surface area contributed by atoms with Crippen molar-refractivity contribution in [3.63, 3.8) is 0 Å². The van der Waals surface area contributed by atoms with Gasteiger partial charge in [0.25, 0.3) is 0 Å². The van der Waals surface area contributed by atoms with E-state index in [1.54, 1.807) is 0 Å². The lowest BCUT2D eigenvalue weighted by atomic mass is 10.2. The second-order valence-corrected chi connectivity index (χ2v) is 7.64. The predicted molar refractivity (Wildman–Crippen MR) is 99.3 cm³/mol. The van der Waals surface area contributed by atoms with Crippen LogP contribution in [0.5, 0.6) is 0 Å². The van der Waals surface area contributed by atoms with Crippen LogP contribution in [0.4, 0.5) is 5.69 Å². The van der Waals surface area contributed by atoms with Crippen molar-refractivity contribution in [1.29, 1.82) is 0 Å². The Morgan fingerprint density at radius 1 is 0.875 bits per heavy atom. The van der Waals surface area contributed by atoms with Crippen molar-refractivity contribution in [2.45, 2.75) is 32.5 Å². The predicted octanol–water partition coefficient (Wildman–Crippen LogP) is 5.84. The molecule has 0 bridgehead atoms. The molecule has 2 aromatic rings. The third kappa shape index (κ3) is 5.20. The Hall–Kier alpha value is -1.61. The van der Waals surface area contributed by atoms with Gasteiger partial charge >= 0.3 is 7.60 Å². The Kier molecular flexibility index (Phi) is 7.51. The third-order valence-electron chi connectivity index (χ3n) is 3.46. The summed E-state index contributed by atoms with van der Waals surface area (Å²) >= 11 is 0. The molecule has 0 heterocycles. The number of hydrogen-bond acceptors (Lipinski definition) is 4. The van der Waals surface area contributed by atoms with Crippen LogP contribution in [0.1, 0.15) is 38.0 Å². The van der Waals surface area contributed by atoms with Gasteiger partial charge in [-0.1, -0.05) is 62.4 Å². The number of benzene rings is 2. The van der Waals surface area contributed by atoms with E-state index >= 15 is 0 Å². The van der Waals surface area contributed by atoms with E-state index in [0.717, 1.165) is 24.1 Å². The Morgan fingerprint density at radius 3 is 1.88 bits per heavy atom. The number of hydrogen-bond donors (Lipinski definition) is 1. The Labute approximate surface area is 144 Å². The number of nitrogens with one attached hydrogen (secondary N) is 1. The first-order valence-corrected chi connectivity index (χ1v) is 10.1. The lowest BCUT2D eigenvalue weighted by Gasteiger charge is -2.28. The molecule has 24 heavy (non-hydrogen) atoms. The fourth-order valence-corrected chi connectivity index (χ4v) is 4.39. The number of para-hydroxylation sites is 1. The van der Waals surface area contributed by atoms with Crippen LogP contribution in [0.3, 0.4) is 0 Å². The molecule has 130 valence electrons. The van der Waals surface area contributed by atoms with Crippen LogP contribution >= 0.6 is 7.60 Å². The minimum atomic E-state index is -3.36. The topological polar surface area (TPSA) is 47.6 Å². The van der Waals surface area contributed by atoms with Gasteiger partial charge in [0, 0.05) is 5.69 Å². The summed E-state index contributed by atoms with van der Waals surface area (Å²) in [6, 6.07) is 19.4. The zero-order valence-electron chi connectivity index (χ0n) is 14.4. The van der Waals surface area contributed by atoms with Crippen LogP contribution in [-0.2, 0) is 13.6 Å². The summed E-state index contributed by atoms with van der Waals surface area (Å²) in [5.74, 6) is -0.542. The van der Waals surface area contributed by atoms with Crippen molar-refractivity contribution in [2.75, 3.05) is 18.5 Å². The van der Waals surface area contributed by atoms with E-state index in [1.165, 1.54) is 0 Å². The molecule has 0 fully saturated rings. The fourth-order valence-electron chi connectivity index (χ4n) is 2.30. The molecule has 2 rings (SSSR count). The molecule has 5 heteroatoms. The summed E-state index contributed by atoms with van der Waals surface area (Å²) in [7, 11) is -3.36. The van der Waals surface area contributed by atoms with E-state index in [0.29, 0.717) is 13.2 Å². The SMILES string of the molecule is CCCOP(=O)(OCCC)C(Nc1ccccc1)c1ccccc1. The van der Waals surface area contributed by atoms with Crippen LogP contribution in [0.2, 0.25) is 0 Å². The van der Waals surface area contributed by atoms with Gasteiger partial charge in [-0.15, -0.1) is 0 Å². The third-order valence-corrected chi connectivity index (χ3v) is 5.60. The molecule has 0 radical (unpaired) electrons. The monoisotopic (exact) mass is 347 g/mol. The van der Waals surface area contributed by atoms with Crippen LogP contribution in [-0.4, -0.2) is 13.2 Å². The number of anilines is 1. The molecule has 0 amide bonds. The highest BCUT2D eigenvalue weighted by Crippen LogP contribution is 2.61. The van der Waals surface area contributed by atoms with Crippen LogP contribution in [0.15, 0.2) is 60.7 Å². The first kappa shape index (κ1) is 18.7. The zero-order valence-corrected chi connectivity index (χ0v) is 15.2. The van der Waals surface area contributed by atoms with Crippen molar-refractivity contribution < 1.29 is 13.6 Å². The summed E-state index contributed by atoms with van der Waals surface area (Å²) in [6.07, 6.45) is 1.57. The van der Waals surface area contributed by atoms with Gasteiger partial charge in [0.15, 0.2) is 5.78 Å². The van der Waals surface area contributed by atoms with Gasteiger partial charge in [0.05, 0.1) is 13.2 Å². The molecule has 0 aliphatic heterocycles. The maximum absolute atomic E-state index is 13.5. The first-order chi connectivity index (χ1) is 11.7. The standard InChI is InChI=1S/C19H26NO3P/c1-3-15-22-24(21,23-16-4-2)19(17-11-7-5-8-12-17)20-18-13-9-6-10-14-18/h5-14,19-20H,3-4,15-16H2,1-2H3. The molecule has 0 saturated heterocycles. The van der Waals surface area contributed by atoms with E-state index in [-0.39, 0.29) is 0 Å². The quantitative estimate of drug-likeness (QED) is 0.548. The number of rotatable bonds is 10. The average molecular weight is 347 g/mol. The van der Waals surface area contributed by atoms with Gasteiger partial charge in [0.1, 0.15) is 0 Å². The minimum absolute atomic E-state index is 0.404. The van der Waals surface area contributed by atoms with Crippen molar-refractivity contribution >= 4 is 13.3 Å². The molecule has 0 aliphatic carbocycles. The molecule has 1 atom stereocenters. The summed E-state index contributed by atoms with van der Waals surface area (Å²) in [4.78, 5) is 0. The Bertz CT molecular complexity index is 622. The van der Waals surface area contributed by atoms with Crippen molar-refractivity contribution in [1.82, 2.24) is 0 Å². The van der Waals surface area contributed by atoms with Crippen LogP contribution < -0.4 is 5.32 Å². The molecule has 1 unspecified atom stereocenters. The molecule has 0 saturated carbocycles. The van der Waals surface area contributed by atoms with Gasteiger partial charge in [-0.3, -0.25) is 4.57 Å². The summed E-state index contributed by atoms with van der Waals surface area (Å²) in [6.45, 7) is 4.79. The highest BCUT2D eigenvalue weighted by atomic mass is 31.2. The zero-order chi connectivity index (χ0) is 17.3. The second kappa shape index (κ2) is 9.63. The Balaban J connectivity index is 2.35. The minimum Gasteiger partial charge on any atom is -0.368 e. The summed E-state index contributed by atoms with van der Waals surface area (Å²) in [5, 5.41) is 3.34. The molecular weight excluding hydrogens is 321 g/mol. The van der Waals surface area contributed by atoms with E-state index in [4.69, 9.17) is 9.05 Å². The highest BCUT2D eigenvalue weighted by molar-refractivity contribution is 7.54. The van der Waals surface area contributed by atoms with Gasteiger partial charge in [-0.25, -0.2) is 0 Å². The first-order valence-electron chi connectivity index (χ1n) is 8.45. The second-order valence-electron chi connectivity index (χ2n) is 5.53. The molecule has 0 spiro atoms. The molecule has 0 aliphatic rings. The lowest BCUT2D eigenvalue weighted by Crippen LogP contribution is -2.15. The largest absolute Gasteiger partial charge is 0.368 e. The maximum atomic E-state index is 13.5. The summed E-state index contributed by atoms with van der Waals surface area (Å²) in [5.41, 5.74) is 1.77. The van der Waals surface area contributed by atoms with E-state index in [9.17, 15) is 4.57 Å².